The lowest BCUT2D eigenvalue weighted by atomic mass is 10.1. The number of hydrogen-bond acceptors (Lipinski definition) is 1. The zero-order valence-electron chi connectivity index (χ0n) is 11.1. The molecule has 0 bridgehead atoms. The fourth-order valence-corrected chi connectivity index (χ4v) is 2.57. The van der Waals surface area contributed by atoms with E-state index in [9.17, 15) is 9.65 Å². The van der Waals surface area contributed by atoms with Gasteiger partial charge in [-0.25, -0.2) is 4.39 Å². The Bertz CT molecular complexity index is 807. The van der Waals surface area contributed by atoms with Crippen molar-refractivity contribution in [2.45, 2.75) is 6.42 Å². The highest BCUT2D eigenvalue weighted by Crippen LogP contribution is 2.26. The number of aryl methyl sites for hydroxylation is 1. The normalized spacial score (nSPS) is 10.7. The Morgan fingerprint density at radius 1 is 1.10 bits per heavy atom. The minimum absolute atomic E-state index is 0.244. The molecule has 1 aromatic heterocycles. The molecule has 1 heterocycles. The molecule has 0 unspecified atom stereocenters. The number of fused-ring (bicyclic) bond motifs is 1. The van der Waals surface area contributed by atoms with Crippen molar-refractivity contribution in [3.8, 4) is 6.07 Å². The van der Waals surface area contributed by atoms with Crippen LogP contribution in [0, 0.1) is 17.1 Å². The van der Waals surface area contributed by atoms with Gasteiger partial charge in [-0.15, -0.1) is 0 Å². The van der Waals surface area contributed by atoms with Crippen LogP contribution in [0.5, 0.6) is 0 Å². The zero-order valence-corrected chi connectivity index (χ0v) is 11.1. The number of nitriles is 1. The second-order valence-corrected chi connectivity index (χ2v) is 4.81. The lowest BCUT2D eigenvalue weighted by Crippen LogP contribution is -1.99. The van der Waals surface area contributed by atoms with Gasteiger partial charge in [0.05, 0.1) is 5.56 Å². The standard InChI is InChI=1S/C17H13FN2/c1-20-16-5-3-2-4-14(16)15(11-19)17(20)10-12-6-8-13(18)9-7-12/h2-9H,10H2,1H3. The van der Waals surface area contributed by atoms with Gasteiger partial charge in [-0.3, -0.25) is 0 Å². The van der Waals surface area contributed by atoms with E-state index in [4.69, 9.17) is 0 Å². The van der Waals surface area contributed by atoms with Crippen LogP contribution >= 0.6 is 0 Å². The molecular formula is C17H13FN2. The summed E-state index contributed by atoms with van der Waals surface area (Å²) >= 11 is 0. The van der Waals surface area contributed by atoms with Gasteiger partial charge >= 0.3 is 0 Å². The van der Waals surface area contributed by atoms with Crippen LogP contribution in [-0.4, -0.2) is 4.57 Å². The van der Waals surface area contributed by atoms with Gasteiger partial charge in [-0.05, 0) is 23.8 Å². The van der Waals surface area contributed by atoms with Gasteiger partial charge in [0.2, 0.25) is 0 Å². The van der Waals surface area contributed by atoms with E-state index in [1.807, 2.05) is 35.9 Å². The molecule has 2 nitrogen and oxygen atoms in total. The van der Waals surface area contributed by atoms with Crippen LogP contribution in [0.3, 0.4) is 0 Å². The molecule has 3 rings (SSSR count). The summed E-state index contributed by atoms with van der Waals surface area (Å²) < 4.78 is 15.0. The lowest BCUT2D eigenvalue weighted by molar-refractivity contribution is 0.627. The Labute approximate surface area is 116 Å². The quantitative estimate of drug-likeness (QED) is 0.692. The molecule has 0 aliphatic carbocycles. The Hall–Kier alpha value is -2.60. The Morgan fingerprint density at radius 3 is 2.50 bits per heavy atom. The number of rotatable bonds is 2. The predicted octanol–water partition coefficient (Wildman–Crippen LogP) is 3.78. The molecule has 20 heavy (non-hydrogen) atoms. The predicted molar refractivity (Wildman–Crippen MR) is 76.8 cm³/mol. The van der Waals surface area contributed by atoms with Gasteiger partial charge in [-0.2, -0.15) is 5.26 Å². The molecule has 0 N–H and O–H groups in total. The summed E-state index contributed by atoms with van der Waals surface area (Å²) in [6.45, 7) is 0. The van der Waals surface area contributed by atoms with Crippen molar-refractivity contribution in [1.29, 1.82) is 5.26 Å². The maximum absolute atomic E-state index is 13.0. The SMILES string of the molecule is Cn1c(Cc2ccc(F)cc2)c(C#N)c2ccccc21. The van der Waals surface area contributed by atoms with E-state index in [-0.39, 0.29) is 5.82 Å². The summed E-state index contributed by atoms with van der Waals surface area (Å²) in [5.41, 5.74) is 3.70. The third-order valence-corrected chi connectivity index (χ3v) is 3.62. The van der Waals surface area contributed by atoms with Gasteiger partial charge < -0.3 is 4.57 Å². The first kappa shape index (κ1) is 12.4. The molecule has 0 fully saturated rings. The largest absolute Gasteiger partial charge is 0.346 e. The van der Waals surface area contributed by atoms with Crippen LogP contribution in [0.1, 0.15) is 16.8 Å². The fraction of sp³-hybridized carbons (Fsp3) is 0.118. The van der Waals surface area contributed by atoms with Crippen LogP contribution in [0.2, 0.25) is 0 Å². The van der Waals surface area contributed by atoms with E-state index in [2.05, 4.69) is 6.07 Å². The molecule has 3 heteroatoms. The minimum atomic E-state index is -0.244. The van der Waals surface area contributed by atoms with Gasteiger partial charge in [0.25, 0.3) is 0 Å². The van der Waals surface area contributed by atoms with Crippen molar-refractivity contribution in [1.82, 2.24) is 4.57 Å². The molecule has 0 aliphatic rings. The first-order valence-electron chi connectivity index (χ1n) is 6.41. The van der Waals surface area contributed by atoms with Crippen molar-refractivity contribution in [2.75, 3.05) is 0 Å². The van der Waals surface area contributed by atoms with Crippen LogP contribution < -0.4 is 0 Å². The third kappa shape index (κ3) is 1.96. The molecule has 0 saturated heterocycles. The molecule has 0 amide bonds. The number of para-hydroxylation sites is 1. The van der Waals surface area contributed by atoms with Crippen LogP contribution in [0.4, 0.5) is 4.39 Å². The first-order valence-corrected chi connectivity index (χ1v) is 6.41. The number of nitrogens with zero attached hydrogens (tertiary/aromatic N) is 2. The van der Waals surface area contributed by atoms with Crippen LogP contribution in [0.25, 0.3) is 10.9 Å². The van der Waals surface area contributed by atoms with Crippen molar-refractivity contribution < 1.29 is 4.39 Å². The van der Waals surface area contributed by atoms with Crippen LogP contribution in [-0.2, 0) is 13.5 Å². The summed E-state index contributed by atoms with van der Waals surface area (Å²) in [4.78, 5) is 0. The maximum atomic E-state index is 13.0. The van der Waals surface area contributed by atoms with E-state index in [0.717, 1.165) is 22.2 Å². The molecule has 2 aromatic carbocycles. The van der Waals surface area contributed by atoms with E-state index in [0.29, 0.717) is 12.0 Å². The van der Waals surface area contributed by atoms with Gasteiger partial charge in [0, 0.05) is 30.1 Å². The third-order valence-electron chi connectivity index (χ3n) is 3.62. The Morgan fingerprint density at radius 2 is 1.80 bits per heavy atom. The highest BCUT2D eigenvalue weighted by atomic mass is 19.1. The Kier molecular flexibility index (Phi) is 3.00. The Balaban J connectivity index is 2.14. The molecule has 3 aromatic rings. The van der Waals surface area contributed by atoms with Gasteiger partial charge in [0.1, 0.15) is 11.9 Å². The van der Waals surface area contributed by atoms with Crippen molar-refractivity contribution in [3.63, 3.8) is 0 Å². The number of aromatic nitrogens is 1. The number of halogens is 1. The van der Waals surface area contributed by atoms with E-state index in [1.54, 1.807) is 12.1 Å². The summed E-state index contributed by atoms with van der Waals surface area (Å²) in [5.74, 6) is -0.244. The molecule has 0 aliphatic heterocycles. The zero-order chi connectivity index (χ0) is 14.1. The van der Waals surface area contributed by atoms with Gasteiger partial charge in [-0.1, -0.05) is 30.3 Å². The average molecular weight is 264 g/mol. The summed E-state index contributed by atoms with van der Waals surface area (Å²) in [6, 6.07) is 16.6. The maximum Gasteiger partial charge on any atom is 0.123 e. The van der Waals surface area contributed by atoms with Crippen LogP contribution in [0.15, 0.2) is 48.5 Å². The van der Waals surface area contributed by atoms with E-state index in [1.165, 1.54) is 12.1 Å². The molecule has 0 atom stereocenters. The summed E-state index contributed by atoms with van der Waals surface area (Å²) in [5, 5.41) is 10.4. The van der Waals surface area contributed by atoms with Crippen molar-refractivity contribution >= 4 is 10.9 Å². The summed E-state index contributed by atoms with van der Waals surface area (Å²) in [6.07, 6.45) is 0.619. The lowest BCUT2D eigenvalue weighted by Gasteiger charge is -2.05. The molecule has 0 saturated carbocycles. The number of benzene rings is 2. The van der Waals surface area contributed by atoms with Crippen molar-refractivity contribution in [2.24, 2.45) is 7.05 Å². The second-order valence-electron chi connectivity index (χ2n) is 4.81. The smallest absolute Gasteiger partial charge is 0.123 e. The molecule has 0 radical (unpaired) electrons. The van der Waals surface area contributed by atoms with Gasteiger partial charge in [0.15, 0.2) is 0 Å². The average Bonchev–Trinajstić information content (AvgIpc) is 2.74. The molecule has 98 valence electrons. The number of hydrogen-bond donors (Lipinski definition) is 0. The fourth-order valence-electron chi connectivity index (χ4n) is 2.57. The highest BCUT2D eigenvalue weighted by Gasteiger charge is 2.14. The molecule has 0 spiro atoms. The van der Waals surface area contributed by atoms with E-state index >= 15 is 0 Å². The second kappa shape index (κ2) is 4.82. The summed E-state index contributed by atoms with van der Waals surface area (Å²) in [7, 11) is 1.96. The van der Waals surface area contributed by atoms with E-state index < -0.39 is 0 Å². The highest BCUT2D eigenvalue weighted by molar-refractivity contribution is 5.88. The molecular weight excluding hydrogens is 251 g/mol. The van der Waals surface area contributed by atoms with Crippen molar-refractivity contribution in [3.05, 3.63) is 71.2 Å². The monoisotopic (exact) mass is 264 g/mol. The minimum Gasteiger partial charge on any atom is -0.346 e. The first-order chi connectivity index (χ1) is 9.70. The topological polar surface area (TPSA) is 28.7 Å².